The van der Waals surface area contributed by atoms with Crippen LogP contribution in [0.3, 0.4) is 0 Å². The monoisotopic (exact) mass is 686 g/mol. The molecular weight excluding hydrogens is 636 g/mol. The van der Waals surface area contributed by atoms with Crippen LogP contribution in [0.1, 0.15) is 107 Å². The van der Waals surface area contributed by atoms with Gasteiger partial charge in [-0.1, -0.05) is 44.9 Å². The number of fused-ring (bicyclic) bond motifs is 4. The highest BCUT2D eigenvalue weighted by molar-refractivity contribution is 6.30. The summed E-state index contributed by atoms with van der Waals surface area (Å²) in [6, 6.07) is 13.9. The molecule has 2 aromatic carbocycles. The average Bonchev–Trinajstić information content (AvgIpc) is 3.21. The van der Waals surface area contributed by atoms with E-state index in [2.05, 4.69) is 43.2 Å². The van der Waals surface area contributed by atoms with Crippen LogP contribution in [0.2, 0.25) is 5.02 Å². The van der Waals surface area contributed by atoms with E-state index in [1.54, 1.807) is 0 Å². The van der Waals surface area contributed by atoms with Gasteiger partial charge in [0.1, 0.15) is 11.3 Å². The number of pyridine rings is 1. The Hall–Kier alpha value is -3.45. The van der Waals surface area contributed by atoms with Gasteiger partial charge in [0.05, 0.1) is 19.8 Å². The van der Waals surface area contributed by atoms with Crippen molar-refractivity contribution in [1.82, 2.24) is 4.98 Å². The molecule has 7 rings (SSSR count). The van der Waals surface area contributed by atoms with Crippen LogP contribution in [0.4, 0.5) is 5.69 Å². The van der Waals surface area contributed by atoms with Gasteiger partial charge in [0, 0.05) is 34.1 Å². The van der Waals surface area contributed by atoms with Crippen molar-refractivity contribution in [3.8, 4) is 17.2 Å². The van der Waals surface area contributed by atoms with Crippen LogP contribution >= 0.6 is 11.6 Å². The van der Waals surface area contributed by atoms with Crippen molar-refractivity contribution in [2.24, 2.45) is 17.8 Å². The number of hydrogen-bond acceptors (Lipinski definition) is 6. The summed E-state index contributed by atoms with van der Waals surface area (Å²) in [4.78, 5) is 17.7. The lowest BCUT2D eigenvalue weighted by Gasteiger charge is -2.47. The first-order valence-electron chi connectivity index (χ1n) is 18.5. The molecule has 4 atom stereocenters. The van der Waals surface area contributed by atoms with Gasteiger partial charge in [-0.15, -0.1) is 0 Å². The molecule has 1 saturated carbocycles. The van der Waals surface area contributed by atoms with Crippen LogP contribution in [-0.2, 0) is 23.1 Å². The number of aryl methyl sites for hydroxylation is 1. The van der Waals surface area contributed by atoms with Crippen LogP contribution < -0.4 is 19.5 Å². The van der Waals surface area contributed by atoms with Crippen LogP contribution in [-0.4, -0.2) is 41.4 Å². The third-order valence-corrected chi connectivity index (χ3v) is 12.2. The quantitative estimate of drug-likeness (QED) is 0.220. The zero-order valence-corrected chi connectivity index (χ0v) is 30.0. The molecule has 2 N–H and O–H groups in total. The summed E-state index contributed by atoms with van der Waals surface area (Å²) in [5.41, 5.74) is 4.64. The number of carboxylic acids is 1. The molecule has 1 aliphatic heterocycles. The molecule has 7 nitrogen and oxygen atoms in total. The van der Waals surface area contributed by atoms with E-state index in [0.717, 1.165) is 67.9 Å². The molecule has 0 unspecified atom stereocenters. The Morgan fingerprint density at radius 3 is 2.63 bits per heavy atom. The van der Waals surface area contributed by atoms with Crippen molar-refractivity contribution in [2.45, 2.75) is 108 Å². The minimum Gasteiger partial charge on any atom is -0.493 e. The van der Waals surface area contributed by atoms with E-state index >= 15 is 0 Å². The van der Waals surface area contributed by atoms with E-state index in [0.29, 0.717) is 61.4 Å². The second kappa shape index (κ2) is 14.0. The van der Waals surface area contributed by atoms with Gasteiger partial charge in [0.25, 0.3) is 0 Å². The number of rotatable bonds is 10. The summed E-state index contributed by atoms with van der Waals surface area (Å²) in [6.07, 6.45) is 12.0. The smallest absolute Gasteiger partial charge is 0.329 e. The maximum atomic E-state index is 13.0. The lowest BCUT2D eigenvalue weighted by molar-refractivity contribution is -0.144. The topological polar surface area (TPSA) is 89.9 Å². The number of anilines is 1. The Morgan fingerprint density at radius 1 is 1.12 bits per heavy atom. The largest absolute Gasteiger partial charge is 0.493 e. The average molecular weight is 687 g/mol. The second-order valence-electron chi connectivity index (χ2n) is 15.4. The lowest BCUT2D eigenvalue weighted by atomic mass is 9.59. The summed E-state index contributed by atoms with van der Waals surface area (Å²) in [5, 5.41) is 14.6. The Balaban J connectivity index is 1.15. The number of nitrogens with zero attached hydrogens (tertiary/aromatic N) is 1. The Morgan fingerprint density at radius 2 is 1.90 bits per heavy atom. The number of nitrogens with one attached hydrogen (secondary N) is 1. The van der Waals surface area contributed by atoms with E-state index in [-0.39, 0.29) is 5.41 Å². The predicted octanol–water partition coefficient (Wildman–Crippen LogP) is 9.39. The van der Waals surface area contributed by atoms with Crippen molar-refractivity contribution in [3.05, 3.63) is 76.1 Å². The molecule has 1 fully saturated rings. The third kappa shape index (κ3) is 6.72. The fourth-order valence-corrected chi connectivity index (χ4v) is 9.57. The van der Waals surface area contributed by atoms with Crippen molar-refractivity contribution < 1.29 is 24.1 Å². The number of carbonyl (C=O) groups is 1. The van der Waals surface area contributed by atoms with Gasteiger partial charge >= 0.3 is 5.97 Å². The summed E-state index contributed by atoms with van der Waals surface area (Å²) < 4.78 is 19.4. The van der Waals surface area contributed by atoms with Gasteiger partial charge in [0.15, 0.2) is 11.5 Å². The Labute approximate surface area is 296 Å². The molecular formula is C41H51ClN2O5. The van der Waals surface area contributed by atoms with E-state index < -0.39 is 11.5 Å². The molecule has 2 heterocycles. The fourth-order valence-electron chi connectivity index (χ4n) is 9.38. The van der Waals surface area contributed by atoms with Crippen LogP contribution in [0, 0.1) is 17.8 Å². The van der Waals surface area contributed by atoms with Gasteiger partial charge in [0.2, 0.25) is 0 Å². The first-order chi connectivity index (χ1) is 23.7. The molecule has 4 aliphatic rings. The number of hydrogen-bond donors (Lipinski definition) is 2. The number of carboxylic acid groups (broad SMARTS) is 1. The summed E-state index contributed by atoms with van der Waals surface area (Å²) in [6.45, 7) is 8.77. The number of aromatic nitrogens is 1. The summed E-state index contributed by atoms with van der Waals surface area (Å²) in [7, 11) is 0. The standard InChI is InChI=1S/C41H51ClN2O5/c1-4-7-28-24-48-36-20-29-19-30(18-26(2)23-47-35-12-17-43-34-11-5-8-27(3)38(34)35)40(33(29)22-37(36)49-25-28)13-15-41(16-14-40,39(45)46)44-32-10-6-9-31(42)21-32/h6,9-10,12,17,20-22,26-28,30,44H,4-5,7-8,11,13-16,18-19,23-25H2,1-3H3,(H,45,46)/t26-,27-,28-,30+,40?,41?/m1/s1. The molecule has 3 aromatic rings. The number of halogens is 1. The van der Waals surface area contributed by atoms with E-state index in [1.165, 1.54) is 35.2 Å². The maximum absolute atomic E-state index is 13.0. The zero-order valence-electron chi connectivity index (χ0n) is 29.2. The SMILES string of the molecule is CCC[C@@H]1COc2cc3c(cc2OC1)C1(CCC(Nc2cccc(Cl)c2)(C(=O)O)CC1)[C@@H](C[C@@H](C)COc1ccnc2c1[C@H](C)CCC2)C3. The maximum Gasteiger partial charge on any atom is 0.329 e. The van der Waals surface area contributed by atoms with Gasteiger partial charge in [-0.25, -0.2) is 4.79 Å². The molecule has 1 spiro atoms. The first-order valence-corrected chi connectivity index (χ1v) is 18.9. The van der Waals surface area contributed by atoms with Crippen molar-refractivity contribution >= 4 is 23.3 Å². The highest BCUT2D eigenvalue weighted by Gasteiger charge is 2.54. The first kappa shape index (κ1) is 34.0. The number of benzene rings is 2. The van der Waals surface area contributed by atoms with Gasteiger partial charge in [-0.2, -0.15) is 0 Å². The molecule has 0 bridgehead atoms. The Bertz CT molecular complexity index is 1670. The minimum absolute atomic E-state index is 0.156. The third-order valence-electron chi connectivity index (χ3n) is 12.0. The van der Waals surface area contributed by atoms with Crippen LogP contribution in [0.5, 0.6) is 17.2 Å². The molecule has 8 heteroatoms. The highest BCUT2D eigenvalue weighted by Crippen LogP contribution is 2.58. The predicted molar refractivity (Wildman–Crippen MR) is 193 cm³/mol. The zero-order chi connectivity index (χ0) is 34.2. The second-order valence-corrected chi connectivity index (χ2v) is 15.9. The molecule has 49 heavy (non-hydrogen) atoms. The van der Waals surface area contributed by atoms with Gasteiger partial charge < -0.3 is 24.6 Å². The lowest BCUT2D eigenvalue weighted by Crippen LogP contribution is -2.53. The molecule has 262 valence electrons. The van der Waals surface area contributed by atoms with Crippen LogP contribution in [0.15, 0.2) is 48.7 Å². The van der Waals surface area contributed by atoms with E-state index in [9.17, 15) is 9.90 Å². The van der Waals surface area contributed by atoms with Crippen molar-refractivity contribution in [3.63, 3.8) is 0 Å². The van der Waals surface area contributed by atoms with E-state index in [1.807, 2.05) is 36.5 Å². The molecule has 0 radical (unpaired) electrons. The minimum atomic E-state index is -1.06. The summed E-state index contributed by atoms with van der Waals surface area (Å²) in [5.74, 6) is 3.37. The molecule has 0 saturated heterocycles. The van der Waals surface area contributed by atoms with Crippen LogP contribution in [0.25, 0.3) is 0 Å². The number of aliphatic carboxylic acids is 1. The highest BCUT2D eigenvalue weighted by atomic mass is 35.5. The molecule has 0 amide bonds. The fraction of sp³-hybridized carbons (Fsp3) is 0.561. The van der Waals surface area contributed by atoms with Crippen molar-refractivity contribution in [2.75, 3.05) is 25.1 Å². The number of ether oxygens (including phenoxy) is 3. The molecule has 3 aliphatic carbocycles. The van der Waals surface area contributed by atoms with E-state index in [4.69, 9.17) is 25.8 Å². The Kier molecular flexibility index (Phi) is 9.75. The van der Waals surface area contributed by atoms with Gasteiger partial charge in [-0.05, 0) is 135 Å². The molecule has 1 aromatic heterocycles. The summed E-state index contributed by atoms with van der Waals surface area (Å²) >= 11 is 6.29. The van der Waals surface area contributed by atoms with Gasteiger partial charge in [-0.3, -0.25) is 4.98 Å². The normalized spacial score (nSPS) is 27.9. The van der Waals surface area contributed by atoms with Crippen molar-refractivity contribution in [1.29, 1.82) is 0 Å².